The summed E-state index contributed by atoms with van der Waals surface area (Å²) in [5, 5.41) is 11.3. The second-order valence-electron chi connectivity index (χ2n) is 5.23. The molecule has 7 heteroatoms. The first kappa shape index (κ1) is 14.6. The largest absolute Gasteiger partial charge is 0.454 e. The average Bonchev–Trinajstić information content (AvgIpc) is 3.04. The van der Waals surface area contributed by atoms with Crippen molar-refractivity contribution in [3.05, 3.63) is 35.7 Å². The van der Waals surface area contributed by atoms with Crippen LogP contribution in [-0.4, -0.2) is 21.7 Å². The normalized spacial score (nSPS) is 13.8. The topological polar surface area (TPSA) is 60.3 Å². The molecule has 22 heavy (non-hydrogen) atoms. The molecule has 1 aromatic carbocycles. The lowest BCUT2D eigenvalue weighted by molar-refractivity contribution is 0.174. The van der Waals surface area contributed by atoms with Crippen LogP contribution in [0.3, 0.4) is 0 Å². The second kappa shape index (κ2) is 5.84. The van der Waals surface area contributed by atoms with E-state index in [2.05, 4.69) is 22.7 Å². The fourth-order valence-electron chi connectivity index (χ4n) is 2.46. The van der Waals surface area contributed by atoms with Crippen LogP contribution >= 0.6 is 12.2 Å². The molecule has 0 saturated heterocycles. The molecule has 0 spiro atoms. The molecule has 1 atom stereocenters. The van der Waals surface area contributed by atoms with Gasteiger partial charge >= 0.3 is 0 Å². The number of rotatable bonds is 3. The third kappa shape index (κ3) is 2.99. The van der Waals surface area contributed by atoms with Crippen LogP contribution in [0.15, 0.2) is 24.4 Å². The summed E-state index contributed by atoms with van der Waals surface area (Å²) in [6, 6.07) is 5.71. The maximum absolute atomic E-state index is 5.37. The molecule has 0 amide bonds. The first-order chi connectivity index (χ1) is 10.5. The van der Waals surface area contributed by atoms with Gasteiger partial charge in [0.15, 0.2) is 16.6 Å². The third-order valence-corrected chi connectivity index (χ3v) is 3.72. The van der Waals surface area contributed by atoms with Crippen molar-refractivity contribution in [1.82, 2.24) is 15.1 Å². The van der Waals surface area contributed by atoms with Crippen LogP contribution in [0.5, 0.6) is 11.5 Å². The first-order valence-corrected chi connectivity index (χ1v) is 7.41. The van der Waals surface area contributed by atoms with E-state index in [0.29, 0.717) is 5.11 Å². The van der Waals surface area contributed by atoms with Crippen LogP contribution < -0.4 is 20.1 Å². The SMILES string of the molecule is Cc1nn(C)cc1C(C)NC(=S)Nc1ccc2c(c1)OCO2. The molecule has 0 fully saturated rings. The number of anilines is 1. The molecular formula is C15H18N4O2S. The molecule has 1 unspecified atom stereocenters. The van der Waals surface area contributed by atoms with Gasteiger partial charge in [-0.3, -0.25) is 4.68 Å². The Morgan fingerprint density at radius 3 is 2.86 bits per heavy atom. The molecule has 2 aromatic rings. The molecule has 0 aliphatic carbocycles. The Kier molecular flexibility index (Phi) is 3.89. The molecule has 0 bridgehead atoms. The van der Waals surface area contributed by atoms with Crippen molar-refractivity contribution in [2.45, 2.75) is 19.9 Å². The fraction of sp³-hybridized carbons (Fsp3) is 0.333. The zero-order valence-electron chi connectivity index (χ0n) is 12.7. The minimum Gasteiger partial charge on any atom is -0.454 e. The lowest BCUT2D eigenvalue weighted by Gasteiger charge is -2.16. The lowest BCUT2D eigenvalue weighted by Crippen LogP contribution is -2.31. The van der Waals surface area contributed by atoms with Crippen molar-refractivity contribution in [3.63, 3.8) is 0 Å². The van der Waals surface area contributed by atoms with Crippen LogP contribution in [0.4, 0.5) is 5.69 Å². The number of ether oxygens (including phenoxy) is 2. The van der Waals surface area contributed by atoms with Gasteiger partial charge < -0.3 is 20.1 Å². The van der Waals surface area contributed by atoms with Crippen molar-refractivity contribution in [3.8, 4) is 11.5 Å². The molecule has 2 N–H and O–H groups in total. The Balaban J connectivity index is 1.64. The quantitative estimate of drug-likeness (QED) is 0.848. The summed E-state index contributed by atoms with van der Waals surface area (Å²) in [5.74, 6) is 1.48. The number of benzene rings is 1. The summed E-state index contributed by atoms with van der Waals surface area (Å²) in [6.45, 7) is 4.30. The Bertz CT molecular complexity index is 714. The number of hydrogen-bond acceptors (Lipinski definition) is 4. The predicted molar refractivity (Wildman–Crippen MR) is 88.3 cm³/mol. The molecule has 1 aliphatic heterocycles. The summed E-state index contributed by atoms with van der Waals surface area (Å²) in [6.07, 6.45) is 2.00. The molecule has 6 nitrogen and oxygen atoms in total. The van der Waals surface area contributed by atoms with E-state index in [1.165, 1.54) is 0 Å². The highest BCUT2D eigenvalue weighted by Gasteiger charge is 2.15. The van der Waals surface area contributed by atoms with Crippen LogP contribution in [0.25, 0.3) is 0 Å². The highest BCUT2D eigenvalue weighted by atomic mass is 32.1. The van der Waals surface area contributed by atoms with E-state index >= 15 is 0 Å². The maximum atomic E-state index is 5.37. The van der Waals surface area contributed by atoms with E-state index in [1.54, 1.807) is 4.68 Å². The van der Waals surface area contributed by atoms with E-state index in [0.717, 1.165) is 28.4 Å². The smallest absolute Gasteiger partial charge is 0.231 e. The number of fused-ring (bicyclic) bond motifs is 1. The van der Waals surface area contributed by atoms with Gasteiger partial charge in [0, 0.05) is 30.6 Å². The van der Waals surface area contributed by atoms with Crippen molar-refractivity contribution >= 4 is 23.0 Å². The molecule has 0 radical (unpaired) electrons. The highest BCUT2D eigenvalue weighted by molar-refractivity contribution is 7.80. The number of aryl methyl sites for hydroxylation is 2. The van der Waals surface area contributed by atoms with Gasteiger partial charge in [-0.25, -0.2) is 0 Å². The highest BCUT2D eigenvalue weighted by Crippen LogP contribution is 2.34. The van der Waals surface area contributed by atoms with Gasteiger partial charge in [-0.05, 0) is 38.2 Å². The molecule has 0 saturated carbocycles. The van der Waals surface area contributed by atoms with Crippen LogP contribution in [0, 0.1) is 6.92 Å². The van der Waals surface area contributed by atoms with E-state index in [4.69, 9.17) is 21.7 Å². The summed E-state index contributed by atoms with van der Waals surface area (Å²) >= 11 is 5.37. The molecule has 2 heterocycles. The number of thiocarbonyl (C=S) groups is 1. The van der Waals surface area contributed by atoms with Crippen LogP contribution in [0.1, 0.15) is 24.2 Å². The Hall–Kier alpha value is -2.28. The number of nitrogens with zero attached hydrogens (tertiary/aromatic N) is 2. The van der Waals surface area contributed by atoms with Crippen LogP contribution in [-0.2, 0) is 7.05 Å². The monoisotopic (exact) mass is 318 g/mol. The van der Waals surface area contributed by atoms with Gasteiger partial charge in [0.1, 0.15) is 0 Å². The Morgan fingerprint density at radius 1 is 1.36 bits per heavy atom. The molecule has 116 valence electrons. The summed E-state index contributed by atoms with van der Waals surface area (Å²) in [4.78, 5) is 0. The van der Waals surface area contributed by atoms with Gasteiger partial charge in [0.25, 0.3) is 0 Å². The first-order valence-electron chi connectivity index (χ1n) is 7.00. The Labute approximate surface area is 134 Å². The zero-order valence-corrected chi connectivity index (χ0v) is 13.5. The number of aromatic nitrogens is 2. The zero-order chi connectivity index (χ0) is 15.7. The van der Waals surface area contributed by atoms with E-state index in [1.807, 2.05) is 38.4 Å². The minimum atomic E-state index is 0.0720. The molecular weight excluding hydrogens is 300 g/mol. The minimum absolute atomic E-state index is 0.0720. The van der Waals surface area contributed by atoms with E-state index in [9.17, 15) is 0 Å². The Morgan fingerprint density at radius 2 is 2.14 bits per heavy atom. The van der Waals surface area contributed by atoms with Gasteiger partial charge in [-0.2, -0.15) is 5.10 Å². The van der Waals surface area contributed by atoms with E-state index < -0.39 is 0 Å². The van der Waals surface area contributed by atoms with E-state index in [-0.39, 0.29) is 12.8 Å². The maximum Gasteiger partial charge on any atom is 0.231 e. The third-order valence-electron chi connectivity index (χ3n) is 3.50. The number of nitrogens with one attached hydrogen (secondary N) is 2. The van der Waals surface area contributed by atoms with Crippen molar-refractivity contribution in [2.75, 3.05) is 12.1 Å². The molecule has 3 rings (SSSR count). The van der Waals surface area contributed by atoms with Gasteiger partial charge in [0.2, 0.25) is 6.79 Å². The van der Waals surface area contributed by atoms with Gasteiger partial charge in [0.05, 0.1) is 11.7 Å². The van der Waals surface area contributed by atoms with Gasteiger partial charge in [-0.15, -0.1) is 0 Å². The fourth-order valence-corrected chi connectivity index (χ4v) is 2.75. The van der Waals surface area contributed by atoms with Crippen molar-refractivity contribution < 1.29 is 9.47 Å². The van der Waals surface area contributed by atoms with Crippen LogP contribution in [0.2, 0.25) is 0 Å². The van der Waals surface area contributed by atoms with Crippen molar-refractivity contribution in [1.29, 1.82) is 0 Å². The average molecular weight is 318 g/mol. The van der Waals surface area contributed by atoms with Crippen molar-refractivity contribution in [2.24, 2.45) is 7.05 Å². The lowest BCUT2D eigenvalue weighted by atomic mass is 10.1. The summed E-state index contributed by atoms with van der Waals surface area (Å²) in [7, 11) is 1.91. The summed E-state index contributed by atoms with van der Waals surface area (Å²) < 4.78 is 12.4. The second-order valence-corrected chi connectivity index (χ2v) is 5.64. The molecule has 1 aliphatic rings. The summed E-state index contributed by atoms with van der Waals surface area (Å²) in [5.41, 5.74) is 2.97. The number of hydrogen-bond donors (Lipinski definition) is 2. The predicted octanol–water partition coefficient (Wildman–Crippen LogP) is 2.50. The van der Waals surface area contributed by atoms with Gasteiger partial charge in [-0.1, -0.05) is 0 Å². The standard InChI is InChI=1S/C15H18N4O2S/c1-9(12-7-19(3)18-10(12)2)16-15(22)17-11-4-5-13-14(6-11)21-8-20-13/h4-7,9H,8H2,1-3H3,(H2,16,17,22). The molecule has 1 aromatic heterocycles.